The molecule has 1 N–H and O–H groups in total. The molecule has 3 nitrogen and oxygen atoms in total. The molecule has 0 rings (SSSR count). The van der Waals surface area contributed by atoms with E-state index in [1.807, 2.05) is 13.1 Å². The van der Waals surface area contributed by atoms with Crippen molar-refractivity contribution in [2.75, 3.05) is 25.6 Å². The van der Waals surface area contributed by atoms with E-state index in [1.165, 1.54) is 6.26 Å². The van der Waals surface area contributed by atoms with Crippen LogP contribution < -0.4 is 5.32 Å². The van der Waals surface area contributed by atoms with Crippen LogP contribution >= 0.6 is 0 Å². The fourth-order valence-electron chi connectivity index (χ4n) is 0.927. The van der Waals surface area contributed by atoms with Crippen molar-refractivity contribution in [1.29, 1.82) is 0 Å². The summed E-state index contributed by atoms with van der Waals surface area (Å²) in [7, 11) is -0.854. The number of sulfone groups is 1. The highest BCUT2D eigenvalue weighted by Gasteiger charge is 1.98. The molecule has 0 spiro atoms. The lowest BCUT2D eigenvalue weighted by molar-refractivity contribution is 0.599. The maximum Gasteiger partial charge on any atom is 0.147 e. The zero-order chi connectivity index (χ0) is 10.2. The van der Waals surface area contributed by atoms with Gasteiger partial charge in [-0.2, -0.15) is 0 Å². The molecule has 0 unspecified atom stereocenters. The third-order valence-electron chi connectivity index (χ3n) is 1.61. The summed E-state index contributed by atoms with van der Waals surface area (Å²) in [5, 5.41) is 3.04. The topological polar surface area (TPSA) is 46.2 Å². The Labute approximate surface area is 81.1 Å². The molecule has 0 saturated carbocycles. The molecule has 0 aromatic heterocycles. The largest absolute Gasteiger partial charge is 0.319 e. The third kappa shape index (κ3) is 11.7. The third-order valence-corrected chi connectivity index (χ3v) is 2.64. The minimum atomic E-state index is -2.77. The van der Waals surface area contributed by atoms with Gasteiger partial charge in [-0.25, -0.2) is 8.42 Å². The second-order valence-electron chi connectivity index (χ2n) is 3.14. The van der Waals surface area contributed by atoms with Crippen molar-refractivity contribution in [3.05, 3.63) is 12.2 Å². The predicted octanol–water partition coefficient (Wildman–Crippen LogP) is 0.977. The Hall–Kier alpha value is -0.350. The second-order valence-corrected chi connectivity index (χ2v) is 5.40. The maximum absolute atomic E-state index is 10.7. The summed E-state index contributed by atoms with van der Waals surface area (Å²) in [6.07, 6.45) is 8.00. The first kappa shape index (κ1) is 12.7. The molecule has 0 radical (unpaired) electrons. The van der Waals surface area contributed by atoms with E-state index in [0.717, 1.165) is 25.8 Å². The van der Waals surface area contributed by atoms with E-state index in [9.17, 15) is 8.42 Å². The molecule has 0 aliphatic heterocycles. The number of allylic oxidation sites excluding steroid dienone is 1. The van der Waals surface area contributed by atoms with Gasteiger partial charge in [-0.1, -0.05) is 12.2 Å². The van der Waals surface area contributed by atoms with E-state index in [4.69, 9.17) is 0 Å². The Bertz CT molecular complexity index is 232. The van der Waals surface area contributed by atoms with E-state index < -0.39 is 9.84 Å². The van der Waals surface area contributed by atoms with E-state index >= 15 is 0 Å². The van der Waals surface area contributed by atoms with Crippen LogP contribution in [-0.4, -0.2) is 34.0 Å². The van der Waals surface area contributed by atoms with Crippen LogP contribution in [0, 0.1) is 0 Å². The molecule has 0 bridgehead atoms. The highest BCUT2D eigenvalue weighted by molar-refractivity contribution is 7.90. The molecular formula is C9H19NO2S. The van der Waals surface area contributed by atoms with Crippen molar-refractivity contribution in [1.82, 2.24) is 5.32 Å². The molecule has 0 fully saturated rings. The summed E-state index contributed by atoms with van der Waals surface area (Å²) in [5.41, 5.74) is 0. The summed E-state index contributed by atoms with van der Waals surface area (Å²) in [5.74, 6) is 0.295. The fourth-order valence-corrected chi connectivity index (χ4v) is 1.62. The summed E-state index contributed by atoms with van der Waals surface area (Å²) >= 11 is 0. The zero-order valence-corrected chi connectivity index (χ0v) is 9.23. The minimum absolute atomic E-state index is 0.295. The Morgan fingerprint density at radius 3 is 2.38 bits per heavy atom. The van der Waals surface area contributed by atoms with Gasteiger partial charge in [-0.3, -0.25) is 0 Å². The van der Waals surface area contributed by atoms with Crippen LogP contribution in [0.1, 0.15) is 19.3 Å². The van der Waals surface area contributed by atoms with Gasteiger partial charge in [0.1, 0.15) is 9.84 Å². The van der Waals surface area contributed by atoms with E-state index in [0.29, 0.717) is 5.75 Å². The van der Waals surface area contributed by atoms with E-state index in [2.05, 4.69) is 11.4 Å². The lowest BCUT2D eigenvalue weighted by Gasteiger charge is -1.94. The van der Waals surface area contributed by atoms with Crippen molar-refractivity contribution >= 4 is 9.84 Å². The van der Waals surface area contributed by atoms with Gasteiger partial charge in [0.15, 0.2) is 0 Å². The molecule has 0 heterocycles. The number of hydrogen-bond donors (Lipinski definition) is 1. The lowest BCUT2D eigenvalue weighted by atomic mass is 10.3. The highest BCUT2D eigenvalue weighted by atomic mass is 32.2. The Morgan fingerprint density at radius 2 is 1.85 bits per heavy atom. The SMILES string of the molecule is CNCCC=CCCCS(C)(=O)=O. The first-order valence-electron chi connectivity index (χ1n) is 4.53. The number of hydrogen-bond acceptors (Lipinski definition) is 3. The van der Waals surface area contributed by atoms with Crippen LogP contribution in [0.3, 0.4) is 0 Å². The van der Waals surface area contributed by atoms with Crippen LogP contribution in [0.15, 0.2) is 12.2 Å². The van der Waals surface area contributed by atoms with Crippen LogP contribution in [0.25, 0.3) is 0 Å². The van der Waals surface area contributed by atoms with Gasteiger partial charge in [0.2, 0.25) is 0 Å². The first-order valence-corrected chi connectivity index (χ1v) is 6.59. The zero-order valence-electron chi connectivity index (χ0n) is 8.41. The van der Waals surface area contributed by atoms with Crippen molar-refractivity contribution in [2.45, 2.75) is 19.3 Å². The quantitative estimate of drug-likeness (QED) is 0.498. The van der Waals surface area contributed by atoms with Gasteiger partial charge >= 0.3 is 0 Å². The molecule has 0 aliphatic rings. The molecular weight excluding hydrogens is 186 g/mol. The van der Waals surface area contributed by atoms with Gasteiger partial charge in [-0.15, -0.1) is 0 Å². The van der Waals surface area contributed by atoms with Crippen molar-refractivity contribution < 1.29 is 8.42 Å². The summed E-state index contributed by atoms with van der Waals surface area (Å²) in [4.78, 5) is 0. The van der Waals surface area contributed by atoms with Crippen LogP contribution in [0.2, 0.25) is 0 Å². The summed E-state index contributed by atoms with van der Waals surface area (Å²) in [6.45, 7) is 0.975. The molecule has 0 aliphatic carbocycles. The number of rotatable bonds is 7. The van der Waals surface area contributed by atoms with E-state index in [1.54, 1.807) is 0 Å². The molecule has 0 aromatic rings. The van der Waals surface area contributed by atoms with Gasteiger partial charge in [0, 0.05) is 6.26 Å². The Balaban J connectivity index is 3.30. The monoisotopic (exact) mass is 205 g/mol. The summed E-state index contributed by atoms with van der Waals surface area (Å²) in [6, 6.07) is 0. The van der Waals surface area contributed by atoms with Crippen LogP contribution in [0.4, 0.5) is 0 Å². The average Bonchev–Trinajstić information content (AvgIpc) is 2.01. The van der Waals surface area contributed by atoms with Crippen molar-refractivity contribution in [3.8, 4) is 0 Å². The second kappa shape index (κ2) is 7.09. The van der Waals surface area contributed by atoms with E-state index in [-0.39, 0.29) is 0 Å². The number of nitrogens with one attached hydrogen (secondary N) is 1. The minimum Gasteiger partial charge on any atom is -0.319 e. The van der Waals surface area contributed by atoms with Gasteiger partial charge < -0.3 is 5.32 Å². The molecule has 0 atom stereocenters. The van der Waals surface area contributed by atoms with Gasteiger partial charge in [-0.05, 0) is 32.9 Å². The normalized spacial score (nSPS) is 12.5. The standard InChI is InChI=1S/C9H19NO2S/c1-10-8-6-4-3-5-7-9-13(2,11)12/h3-4,10H,5-9H2,1-2H3. The fraction of sp³-hybridized carbons (Fsp3) is 0.778. The van der Waals surface area contributed by atoms with Gasteiger partial charge in [0.25, 0.3) is 0 Å². The highest BCUT2D eigenvalue weighted by Crippen LogP contribution is 1.96. The van der Waals surface area contributed by atoms with Crippen LogP contribution in [0.5, 0.6) is 0 Å². The first-order chi connectivity index (χ1) is 6.06. The molecule has 0 aromatic carbocycles. The molecule has 4 heteroatoms. The Kier molecular flexibility index (Phi) is 6.90. The van der Waals surface area contributed by atoms with Crippen molar-refractivity contribution in [3.63, 3.8) is 0 Å². The van der Waals surface area contributed by atoms with Gasteiger partial charge in [0.05, 0.1) is 5.75 Å². The molecule has 78 valence electrons. The van der Waals surface area contributed by atoms with Crippen molar-refractivity contribution in [2.24, 2.45) is 0 Å². The smallest absolute Gasteiger partial charge is 0.147 e. The van der Waals surface area contributed by atoms with Crippen LogP contribution in [-0.2, 0) is 9.84 Å². The Morgan fingerprint density at radius 1 is 1.23 bits per heavy atom. The lowest BCUT2D eigenvalue weighted by Crippen LogP contribution is -2.05. The predicted molar refractivity (Wildman–Crippen MR) is 56.6 cm³/mol. The number of unbranched alkanes of at least 4 members (excludes halogenated alkanes) is 1. The average molecular weight is 205 g/mol. The molecule has 0 amide bonds. The molecule has 0 saturated heterocycles. The maximum atomic E-state index is 10.7. The summed E-state index contributed by atoms with van der Waals surface area (Å²) < 4.78 is 21.5. The molecule has 13 heavy (non-hydrogen) atoms.